The van der Waals surface area contributed by atoms with E-state index in [-0.39, 0.29) is 0 Å². The average Bonchev–Trinajstić information content (AvgIpc) is 2.34. The topological polar surface area (TPSA) is 81.1 Å². The van der Waals surface area contributed by atoms with Crippen LogP contribution >= 0.6 is 7.59 Å². The molecule has 0 atom stereocenters. The second-order valence-corrected chi connectivity index (χ2v) is 6.89. The Morgan fingerprint density at radius 2 is 1.37 bits per heavy atom. The van der Waals surface area contributed by atoms with Crippen molar-refractivity contribution in [1.29, 1.82) is 0 Å². The summed E-state index contributed by atoms with van der Waals surface area (Å²) in [7, 11) is -3.08. The van der Waals surface area contributed by atoms with Crippen LogP contribution in [-0.2, 0) is 4.57 Å². The van der Waals surface area contributed by atoms with E-state index in [1.807, 2.05) is 6.08 Å². The summed E-state index contributed by atoms with van der Waals surface area (Å²) in [4.78, 5) is 0. The lowest BCUT2D eigenvalue weighted by Crippen LogP contribution is -2.16. The molecule has 0 unspecified atom stereocenters. The van der Waals surface area contributed by atoms with E-state index in [1.165, 1.54) is 64.2 Å². The van der Waals surface area contributed by atoms with Crippen molar-refractivity contribution >= 4 is 7.59 Å². The summed E-state index contributed by atoms with van der Waals surface area (Å²) < 4.78 is 10.9. The van der Waals surface area contributed by atoms with Crippen molar-refractivity contribution in [1.82, 2.24) is 5.09 Å². The van der Waals surface area contributed by atoms with Gasteiger partial charge in [-0.25, -0.2) is 0 Å². The van der Waals surface area contributed by atoms with Gasteiger partial charge in [-0.1, -0.05) is 70.8 Å². The Balaban J connectivity index is 3.13. The van der Waals surface area contributed by atoms with Gasteiger partial charge in [-0.3, -0.25) is 15.6 Å². The number of rotatable bonds is 13. The van der Waals surface area contributed by atoms with E-state index in [0.29, 0.717) is 0 Å². The fraction of sp³-hybridized carbons (Fsp3) is 0.857. The van der Waals surface area contributed by atoms with Crippen LogP contribution in [0.4, 0.5) is 0 Å². The highest BCUT2D eigenvalue weighted by molar-refractivity contribution is 7.57. The van der Waals surface area contributed by atoms with Crippen LogP contribution in [0.25, 0.3) is 0 Å². The van der Waals surface area contributed by atoms with Crippen LogP contribution in [0.15, 0.2) is 12.3 Å². The molecule has 114 valence electrons. The monoisotopic (exact) mass is 289 g/mol. The van der Waals surface area contributed by atoms with Gasteiger partial charge < -0.3 is 5.09 Å². The van der Waals surface area contributed by atoms with Gasteiger partial charge in [-0.2, -0.15) is 0 Å². The van der Waals surface area contributed by atoms with Crippen molar-refractivity contribution < 1.29 is 4.57 Å². The largest absolute Gasteiger partial charge is 0.320 e. The molecule has 0 aliphatic carbocycles. The maximum absolute atomic E-state index is 10.9. The first-order chi connectivity index (χ1) is 9.06. The predicted octanol–water partition coefficient (Wildman–Crippen LogP) is 4.43. The Morgan fingerprint density at radius 3 is 1.84 bits per heavy atom. The molecule has 4 nitrogen and oxygen atoms in total. The first kappa shape index (κ1) is 18.7. The maximum atomic E-state index is 10.9. The van der Waals surface area contributed by atoms with Gasteiger partial charge in [0, 0.05) is 6.20 Å². The summed E-state index contributed by atoms with van der Waals surface area (Å²) in [5, 5.41) is 2.49. The van der Waals surface area contributed by atoms with Crippen LogP contribution in [0.1, 0.15) is 77.6 Å². The van der Waals surface area contributed by atoms with E-state index < -0.39 is 7.59 Å². The number of nitrogens with two attached hydrogens (primary N) is 2. The molecule has 0 amide bonds. The van der Waals surface area contributed by atoms with Gasteiger partial charge in [0.05, 0.1) is 0 Å². The van der Waals surface area contributed by atoms with Crippen molar-refractivity contribution in [3.63, 3.8) is 0 Å². The number of nitrogens with one attached hydrogen (secondary N) is 1. The molecule has 0 aromatic rings. The van der Waals surface area contributed by atoms with Gasteiger partial charge in [-0.15, -0.1) is 0 Å². The zero-order chi connectivity index (χ0) is 14.4. The van der Waals surface area contributed by atoms with Gasteiger partial charge in [0.2, 0.25) is 0 Å². The molecule has 0 radical (unpaired) electrons. The molecule has 0 aromatic heterocycles. The molecule has 5 N–H and O–H groups in total. The van der Waals surface area contributed by atoms with Crippen LogP contribution < -0.4 is 16.1 Å². The summed E-state index contributed by atoms with van der Waals surface area (Å²) in [5.41, 5.74) is 10.3. The minimum absolute atomic E-state index is 0.990. The smallest absolute Gasteiger partial charge is 0.297 e. The molecule has 0 heterocycles. The fourth-order valence-electron chi connectivity index (χ4n) is 2.00. The quantitative estimate of drug-likeness (QED) is 0.346. The molecule has 0 saturated carbocycles. The lowest BCUT2D eigenvalue weighted by atomic mass is 10.1. The van der Waals surface area contributed by atoms with E-state index in [1.54, 1.807) is 6.20 Å². The predicted molar refractivity (Wildman–Crippen MR) is 84.7 cm³/mol. The Bertz CT molecular complexity index is 263. The normalized spacial score (nSPS) is 12.2. The lowest BCUT2D eigenvalue weighted by Gasteiger charge is -2.04. The van der Waals surface area contributed by atoms with Crippen molar-refractivity contribution in [3.05, 3.63) is 12.3 Å². The average molecular weight is 289 g/mol. The molecule has 0 aliphatic heterocycles. The molecule has 19 heavy (non-hydrogen) atoms. The third-order valence-electron chi connectivity index (χ3n) is 3.12. The summed E-state index contributed by atoms with van der Waals surface area (Å²) in [6, 6.07) is 0. The molecule has 0 aromatic carbocycles. The summed E-state index contributed by atoms with van der Waals surface area (Å²) >= 11 is 0. The number of unbranched alkanes of at least 4 members (excludes halogenated alkanes) is 10. The van der Waals surface area contributed by atoms with E-state index in [0.717, 1.165) is 6.42 Å². The third kappa shape index (κ3) is 17.7. The molecule has 0 fully saturated rings. The molecular formula is C14H32N3OP. The Hall–Kier alpha value is -0.310. The zero-order valence-electron chi connectivity index (χ0n) is 12.4. The fourth-order valence-corrected chi connectivity index (χ4v) is 2.34. The van der Waals surface area contributed by atoms with Gasteiger partial charge in [0.25, 0.3) is 7.59 Å². The molecule has 0 aliphatic rings. The van der Waals surface area contributed by atoms with Crippen molar-refractivity contribution in [2.45, 2.75) is 77.6 Å². The SMILES string of the molecule is CCCCCCCCCCCCC=CNP(N)(N)=O. The summed E-state index contributed by atoms with van der Waals surface area (Å²) in [5.74, 6) is 0. The van der Waals surface area contributed by atoms with Gasteiger partial charge in [-0.05, 0) is 12.8 Å². The Kier molecular flexibility index (Phi) is 12.5. The molecule has 0 spiro atoms. The van der Waals surface area contributed by atoms with E-state index in [2.05, 4.69) is 12.0 Å². The highest BCUT2D eigenvalue weighted by atomic mass is 31.2. The summed E-state index contributed by atoms with van der Waals surface area (Å²) in [6.07, 6.45) is 17.9. The molecule has 5 heteroatoms. The van der Waals surface area contributed by atoms with Crippen LogP contribution in [0, 0.1) is 0 Å². The maximum Gasteiger partial charge on any atom is 0.297 e. The first-order valence-corrected chi connectivity index (χ1v) is 9.51. The minimum atomic E-state index is -3.08. The van der Waals surface area contributed by atoms with Crippen LogP contribution in [0.3, 0.4) is 0 Å². The molecule has 0 bridgehead atoms. The highest BCUT2D eigenvalue weighted by Crippen LogP contribution is 2.17. The Labute approximate surface area is 118 Å². The first-order valence-electron chi connectivity index (χ1n) is 7.66. The number of allylic oxidation sites excluding steroid dienone is 1. The zero-order valence-corrected chi connectivity index (χ0v) is 13.3. The van der Waals surface area contributed by atoms with E-state index in [4.69, 9.17) is 11.0 Å². The standard InChI is InChI=1S/C14H32N3OP/c1-2-3-4-5-6-7-8-9-10-11-12-13-14-17-19(15,16)18/h13-14H,2-12H2,1H3,(H5,15,16,17,18). The van der Waals surface area contributed by atoms with Crippen molar-refractivity contribution in [3.8, 4) is 0 Å². The molecular weight excluding hydrogens is 257 g/mol. The van der Waals surface area contributed by atoms with Gasteiger partial charge in [0.1, 0.15) is 0 Å². The second kappa shape index (κ2) is 12.7. The summed E-state index contributed by atoms with van der Waals surface area (Å²) in [6.45, 7) is 2.25. The van der Waals surface area contributed by atoms with Gasteiger partial charge >= 0.3 is 0 Å². The minimum Gasteiger partial charge on any atom is -0.320 e. The molecule has 0 rings (SSSR count). The third-order valence-corrected chi connectivity index (χ3v) is 3.67. The van der Waals surface area contributed by atoms with Crippen molar-refractivity contribution in [2.24, 2.45) is 11.0 Å². The van der Waals surface area contributed by atoms with E-state index >= 15 is 0 Å². The number of hydrogen-bond acceptors (Lipinski definition) is 1. The number of hydrogen-bond donors (Lipinski definition) is 3. The molecule has 0 saturated heterocycles. The van der Waals surface area contributed by atoms with E-state index in [9.17, 15) is 4.57 Å². The van der Waals surface area contributed by atoms with Crippen molar-refractivity contribution in [2.75, 3.05) is 0 Å². The van der Waals surface area contributed by atoms with Gasteiger partial charge in [0.15, 0.2) is 0 Å². The van der Waals surface area contributed by atoms with Crippen LogP contribution in [-0.4, -0.2) is 0 Å². The second-order valence-electron chi connectivity index (χ2n) is 5.21. The van der Waals surface area contributed by atoms with Crippen LogP contribution in [0.2, 0.25) is 0 Å². The van der Waals surface area contributed by atoms with Crippen LogP contribution in [0.5, 0.6) is 0 Å². The highest BCUT2D eigenvalue weighted by Gasteiger charge is 2.00. The Morgan fingerprint density at radius 1 is 0.895 bits per heavy atom. The lowest BCUT2D eigenvalue weighted by molar-refractivity contribution is 0.557.